The summed E-state index contributed by atoms with van der Waals surface area (Å²) in [6.45, 7) is 2.80. The number of carbonyl (C=O) groups excluding carboxylic acids is 3. The second-order valence-electron chi connectivity index (χ2n) is 7.31. The zero-order chi connectivity index (χ0) is 19.0. The maximum Gasteiger partial charge on any atom is 0.255 e. The van der Waals surface area contributed by atoms with Gasteiger partial charge in [0.25, 0.3) is 5.91 Å². The molecule has 27 heavy (non-hydrogen) atoms. The van der Waals surface area contributed by atoms with Crippen molar-refractivity contribution in [1.82, 2.24) is 20.9 Å². The van der Waals surface area contributed by atoms with Crippen LogP contribution in [0.2, 0.25) is 0 Å². The molecular formula is C19H24N4O4. The Bertz CT molecular complexity index is 781. The zero-order valence-electron chi connectivity index (χ0n) is 15.3. The lowest BCUT2D eigenvalue weighted by Crippen LogP contribution is -2.52. The van der Waals surface area contributed by atoms with Gasteiger partial charge >= 0.3 is 0 Å². The van der Waals surface area contributed by atoms with Gasteiger partial charge in [0, 0.05) is 51.3 Å². The molecule has 0 aromatic heterocycles. The van der Waals surface area contributed by atoms with Crippen molar-refractivity contribution in [2.24, 2.45) is 0 Å². The predicted molar refractivity (Wildman–Crippen MR) is 96.8 cm³/mol. The summed E-state index contributed by atoms with van der Waals surface area (Å²) in [4.78, 5) is 37.7. The lowest BCUT2D eigenvalue weighted by atomic mass is 10.0. The molecule has 0 aliphatic carbocycles. The Hall–Kier alpha value is -2.29. The van der Waals surface area contributed by atoms with Crippen molar-refractivity contribution < 1.29 is 19.1 Å². The van der Waals surface area contributed by atoms with E-state index in [9.17, 15) is 14.4 Å². The molecule has 0 radical (unpaired) electrons. The normalized spacial score (nSPS) is 27.8. The van der Waals surface area contributed by atoms with Gasteiger partial charge in [-0.25, -0.2) is 0 Å². The SMILES string of the molecule is CO[C@@H]1CNC[C@H]1NCc1ccc2c(c1)CN(C1CCC(=O)NC1=O)C2=O. The van der Waals surface area contributed by atoms with Gasteiger partial charge in [0.1, 0.15) is 6.04 Å². The summed E-state index contributed by atoms with van der Waals surface area (Å²) in [5, 5.41) is 9.13. The molecule has 2 fully saturated rings. The summed E-state index contributed by atoms with van der Waals surface area (Å²) < 4.78 is 5.46. The molecule has 1 unspecified atom stereocenters. The third-order valence-corrected chi connectivity index (χ3v) is 5.62. The van der Waals surface area contributed by atoms with Crippen LogP contribution in [0, 0.1) is 0 Å². The molecule has 3 N–H and O–H groups in total. The van der Waals surface area contributed by atoms with Gasteiger partial charge in [-0.05, 0) is 23.6 Å². The molecule has 3 aliphatic rings. The molecule has 0 spiro atoms. The van der Waals surface area contributed by atoms with Crippen LogP contribution >= 0.6 is 0 Å². The Morgan fingerprint density at radius 2 is 2.11 bits per heavy atom. The van der Waals surface area contributed by atoms with Gasteiger partial charge in [-0.1, -0.05) is 12.1 Å². The average molecular weight is 372 g/mol. The smallest absolute Gasteiger partial charge is 0.255 e. The van der Waals surface area contributed by atoms with Crippen molar-refractivity contribution in [2.45, 2.75) is 44.1 Å². The summed E-state index contributed by atoms with van der Waals surface area (Å²) >= 11 is 0. The number of piperidine rings is 1. The minimum Gasteiger partial charge on any atom is -0.378 e. The number of methoxy groups -OCH3 is 1. The maximum absolute atomic E-state index is 12.7. The van der Waals surface area contributed by atoms with Crippen LogP contribution in [0.15, 0.2) is 18.2 Å². The molecule has 8 heteroatoms. The third kappa shape index (κ3) is 3.47. The van der Waals surface area contributed by atoms with Crippen molar-refractivity contribution in [2.75, 3.05) is 20.2 Å². The number of nitrogens with zero attached hydrogens (tertiary/aromatic N) is 1. The van der Waals surface area contributed by atoms with E-state index in [-0.39, 0.29) is 36.3 Å². The molecule has 3 aliphatic heterocycles. The van der Waals surface area contributed by atoms with Gasteiger partial charge in [-0.3, -0.25) is 19.7 Å². The lowest BCUT2D eigenvalue weighted by Gasteiger charge is -2.29. The van der Waals surface area contributed by atoms with Crippen LogP contribution in [-0.2, 0) is 27.4 Å². The number of fused-ring (bicyclic) bond motifs is 1. The van der Waals surface area contributed by atoms with Crippen LogP contribution in [0.3, 0.4) is 0 Å². The number of ether oxygens (including phenoxy) is 1. The van der Waals surface area contributed by atoms with Gasteiger partial charge in [-0.2, -0.15) is 0 Å². The van der Waals surface area contributed by atoms with Crippen molar-refractivity contribution >= 4 is 17.7 Å². The van der Waals surface area contributed by atoms with Crippen molar-refractivity contribution in [1.29, 1.82) is 0 Å². The quantitative estimate of drug-likeness (QED) is 0.604. The first kappa shape index (κ1) is 18.1. The van der Waals surface area contributed by atoms with Gasteiger partial charge in [0.15, 0.2) is 0 Å². The first-order valence-electron chi connectivity index (χ1n) is 9.30. The van der Waals surface area contributed by atoms with Crippen LogP contribution in [0.1, 0.15) is 34.3 Å². The van der Waals surface area contributed by atoms with Gasteiger partial charge < -0.3 is 20.3 Å². The van der Waals surface area contributed by atoms with E-state index in [0.29, 0.717) is 25.1 Å². The molecule has 3 heterocycles. The minimum atomic E-state index is -0.573. The van der Waals surface area contributed by atoms with E-state index < -0.39 is 6.04 Å². The van der Waals surface area contributed by atoms with Crippen LogP contribution in [-0.4, -0.2) is 61.0 Å². The molecule has 3 amide bonds. The number of carbonyl (C=O) groups is 3. The highest BCUT2D eigenvalue weighted by molar-refractivity contribution is 6.05. The molecule has 3 atom stereocenters. The third-order valence-electron chi connectivity index (χ3n) is 5.62. The first-order chi connectivity index (χ1) is 13.1. The second kappa shape index (κ2) is 7.38. The van der Waals surface area contributed by atoms with E-state index >= 15 is 0 Å². The van der Waals surface area contributed by atoms with Crippen molar-refractivity contribution in [3.8, 4) is 0 Å². The Morgan fingerprint density at radius 3 is 2.89 bits per heavy atom. The average Bonchev–Trinajstić information content (AvgIpc) is 3.24. The summed E-state index contributed by atoms with van der Waals surface area (Å²) in [6.07, 6.45) is 0.803. The monoisotopic (exact) mass is 372 g/mol. The van der Waals surface area contributed by atoms with Gasteiger partial charge in [-0.15, -0.1) is 0 Å². The fourth-order valence-corrected chi connectivity index (χ4v) is 4.09. The number of benzene rings is 1. The highest BCUT2D eigenvalue weighted by Gasteiger charge is 2.39. The first-order valence-corrected chi connectivity index (χ1v) is 9.30. The Balaban J connectivity index is 1.43. The molecule has 144 valence electrons. The van der Waals surface area contributed by atoms with Crippen LogP contribution in [0.25, 0.3) is 0 Å². The Morgan fingerprint density at radius 1 is 1.26 bits per heavy atom. The molecule has 2 saturated heterocycles. The van der Waals surface area contributed by atoms with E-state index in [1.807, 2.05) is 18.2 Å². The van der Waals surface area contributed by atoms with Crippen LogP contribution < -0.4 is 16.0 Å². The lowest BCUT2D eigenvalue weighted by molar-refractivity contribution is -0.136. The standard InChI is InChI=1S/C19H24N4O4/c1-27-16-9-20-8-14(16)21-7-11-2-3-13-12(6-11)10-23(19(13)26)15-4-5-17(24)22-18(15)25/h2-3,6,14-16,20-21H,4-5,7-10H2,1H3,(H,22,24,25)/t14-,15?,16-/m1/s1. The Kier molecular flexibility index (Phi) is 4.94. The van der Waals surface area contributed by atoms with Gasteiger partial charge in [0.2, 0.25) is 11.8 Å². The Labute approximate surface area is 157 Å². The van der Waals surface area contributed by atoms with Crippen molar-refractivity contribution in [3.63, 3.8) is 0 Å². The molecule has 1 aromatic carbocycles. The fourth-order valence-electron chi connectivity index (χ4n) is 4.09. The summed E-state index contributed by atoms with van der Waals surface area (Å²) in [5.41, 5.74) is 2.66. The van der Waals surface area contributed by atoms with E-state index in [4.69, 9.17) is 4.74 Å². The van der Waals surface area contributed by atoms with Gasteiger partial charge in [0.05, 0.1) is 6.10 Å². The molecule has 8 nitrogen and oxygen atoms in total. The number of hydrogen-bond acceptors (Lipinski definition) is 6. The van der Waals surface area contributed by atoms with Crippen LogP contribution in [0.5, 0.6) is 0 Å². The molecule has 0 bridgehead atoms. The number of imide groups is 1. The summed E-state index contributed by atoms with van der Waals surface area (Å²) in [6, 6.07) is 5.49. The number of amides is 3. The number of hydrogen-bond donors (Lipinski definition) is 3. The fraction of sp³-hybridized carbons (Fsp3) is 0.526. The molecule has 4 rings (SSSR count). The molecule has 1 aromatic rings. The van der Waals surface area contributed by atoms with Crippen molar-refractivity contribution in [3.05, 3.63) is 34.9 Å². The molecular weight excluding hydrogens is 348 g/mol. The predicted octanol–water partition coefficient (Wildman–Crippen LogP) is -0.476. The summed E-state index contributed by atoms with van der Waals surface area (Å²) in [7, 11) is 1.72. The number of rotatable bonds is 5. The second-order valence-corrected chi connectivity index (χ2v) is 7.31. The largest absolute Gasteiger partial charge is 0.378 e. The van der Waals surface area contributed by atoms with E-state index in [2.05, 4.69) is 16.0 Å². The highest BCUT2D eigenvalue weighted by atomic mass is 16.5. The highest BCUT2D eigenvalue weighted by Crippen LogP contribution is 2.28. The van der Waals surface area contributed by atoms with E-state index in [1.165, 1.54) is 0 Å². The molecule has 0 saturated carbocycles. The minimum absolute atomic E-state index is 0.140. The zero-order valence-corrected chi connectivity index (χ0v) is 15.3. The summed E-state index contributed by atoms with van der Waals surface area (Å²) in [5.74, 6) is -0.795. The maximum atomic E-state index is 12.7. The van der Waals surface area contributed by atoms with Crippen LogP contribution in [0.4, 0.5) is 0 Å². The van der Waals surface area contributed by atoms with E-state index in [1.54, 1.807) is 12.0 Å². The van der Waals surface area contributed by atoms with E-state index in [0.717, 1.165) is 24.2 Å². The number of nitrogens with one attached hydrogen (secondary N) is 3. The topological polar surface area (TPSA) is 99.8 Å².